The number of nitrogens with zero attached hydrogens (tertiary/aromatic N) is 4. The Kier molecular flexibility index (Phi) is 4.03. The van der Waals surface area contributed by atoms with Crippen molar-refractivity contribution in [2.45, 2.75) is 19.9 Å². The standard InChI is InChI=1S/C14H14BrN5S/c1-9-3-4-12(20-8-16-18-19-20)6-13(9)17-10(2)14-5-11(15)7-21-14/h3-8,10,17H,1-2H3. The molecule has 1 atom stereocenters. The third-order valence-corrected chi connectivity index (χ3v) is 5.10. The lowest BCUT2D eigenvalue weighted by Gasteiger charge is -2.16. The van der Waals surface area contributed by atoms with Gasteiger partial charge in [0.05, 0.1) is 11.7 Å². The maximum Gasteiger partial charge on any atom is 0.143 e. The highest BCUT2D eigenvalue weighted by molar-refractivity contribution is 9.10. The maximum absolute atomic E-state index is 3.92. The number of thiophene rings is 1. The first-order valence-corrected chi connectivity index (χ1v) is 8.15. The van der Waals surface area contributed by atoms with E-state index in [1.165, 1.54) is 10.4 Å². The van der Waals surface area contributed by atoms with Crippen molar-refractivity contribution in [2.75, 3.05) is 5.32 Å². The van der Waals surface area contributed by atoms with Gasteiger partial charge in [-0.25, -0.2) is 4.68 Å². The number of tetrazole rings is 1. The van der Waals surface area contributed by atoms with Gasteiger partial charge in [0, 0.05) is 20.4 Å². The van der Waals surface area contributed by atoms with E-state index in [-0.39, 0.29) is 6.04 Å². The number of hydrogen-bond donors (Lipinski definition) is 1. The van der Waals surface area contributed by atoms with Crippen molar-refractivity contribution < 1.29 is 0 Å². The van der Waals surface area contributed by atoms with Crippen LogP contribution in [0.1, 0.15) is 23.4 Å². The number of halogens is 1. The Morgan fingerprint density at radius 3 is 2.86 bits per heavy atom. The summed E-state index contributed by atoms with van der Waals surface area (Å²) in [6.45, 7) is 4.24. The lowest BCUT2D eigenvalue weighted by Crippen LogP contribution is -2.07. The average molecular weight is 364 g/mol. The number of hydrogen-bond acceptors (Lipinski definition) is 5. The van der Waals surface area contributed by atoms with Gasteiger partial charge in [0.25, 0.3) is 0 Å². The van der Waals surface area contributed by atoms with E-state index in [0.717, 1.165) is 15.8 Å². The molecule has 108 valence electrons. The summed E-state index contributed by atoms with van der Waals surface area (Å²) in [6.07, 6.45) is 1.59. The van der Waals surface area contributed by atoms with Crippen molar-refractivity contribution >= 4 is 33.0 Å². The summed E-state index contributed by atoms with van der Waals surface area (Å²) < 4.78 is 2.77. The molecule has 21 heavy (non-hydrogen) atoms. The fourth-order valence-electron chi connectivity index (χ4n) is 2.05. The highest BCUT2D eigenvalue weighted by Gasteiger charge is 2.10. The van der Waals surface area contributed by atoms with Gasteiger partial charge < -0.3 is 5.32 Å². The van der Waals surface area contributed by atoms with Gasteiger partial charge in [-0.2, -0.15) is 0 Å². The Morgan fingerprint density at radius 1 is 1.33 bits per heavy atom. The van der Waals surface area contributed by atoms with Crippen LogP contribution in [-0.4, -0.2) is 20.2 Å². The Bertz CT molecular complexity index is 738. The fraction of sp³-hybridized carbons (Fsp3) is 0.214. The summed E-state index contributed by atoms with van der Waals surface area (Å²) >= 11 is 5.23. The smallest absolute Gasteiger partial charge is 0.143 e. The van der Waals surface area contributed by atoms with E-state index >= 15 is 0 Å². The van der Waals surface area contributed by atoms with Crippen LogP contribution in [0.5, 0.6) is 0 Å². The molecule has 5 nitrogen and oxygen atoms in total. The summed E-state index contributed by atoms with van der Waals surface area (Å²) in [5.41, 5.74) is 3.21. The first kappa shape index (κ1) is 14.2. The molecule has 7 heteroatoms. The molecule has 0 aliphatic carbocycles. The highest BCUT2D eigenvalue weighted by atomic mass is 79.9. The molecule has 1 aromatic carbocycles. The number of anilines is 1. The molecule has 0 fully saturated rings. The van der Waals surface area contributed by atoms with Crippen molar-refractivity contribution in [3.8, 4) is 5.69 Å². The van der Waals surface area contributed by atoms with E-state index in [9.17, 15) is 0 Å². The van der Waals surface area contributed by atoms with Crippen LogP contribution in [-0.2, 0) is 0 Å². The minimum Gasteiger partial charge on any atom is -0.377 e. The molecule has 2 heterocycles. The maximum atomic E-state index is 3.92. The zero-order chi connectivity index (χ0) is 14.8. The van der Waals surface area contributed by atoms with Gasteiger partial charge >= 0.3 is 0 Å². The van der Waals surface area contributed by atoms with Crippen LogP contribution in [0.15, 0.2) is 40.4 Å². The van der Waals surface area contributed by atoms with Crippen LogP contribution in [0.3, 0.4) is 0 Å². The summed E-state index contributed by atoms with van der Waals surface area (Å²) in [5.74, 6) is 0. The minimum absolute atomic E-state index is 0.240. The van der Waals surface area contributed by atoms with Crippen LogP contribution < -0.4 is 5.32 Å². The lowest BCUT2D eigenvalue weighted by atomic mass is 10.1. The largest absolute Gasteiger partial charge is 0.377 e. The number of aromatic nitrogens is 4. The quantitative estimate of drug-likeness (QED) is 0.761. The third-order valence-electron chi connectivity index (χ3n) is 3.22. The molecule has 1 unspecified atom stereocenters. The fourth-order valence-corrected chi connectivity index (χ4v) is 3.50. The second kappa shape index (κ2) is 5.95. The Labute approximate surface area is 135 Å². The normalized spacial score (nSPS) is 12.3. The van der Waals surface area contributed by atoms with Crippen LogP contribution in [0, 0.1) is 6.92 Å². The zero-order valence-corrected chi connectivity index (χ0v) is 14.0. The topological polar surface area (TPSA) is 55.6 Å². The van der Waals surface area contributed by atoms with Crippen LogP contribution >= 0.6 is 27.3 Å². The molecule has 0 saturated heterocycles. The highest BCUT2D eigenvalue weighted by Crippen LogP contribution is 2.29. The molecular weight excluding hydrogens is 350 g/mol. The first-order valence-electron chi connectivity index (χ1n) is 6.48. The summed E-state index contributed by atoms with van der Waals surface area (Å²) in [7, 11) is 0. The second-order valence-electron chi connectivity index (χ2n) is 4.79. The SMILES string of the molecule is Cc1ccc(-n2cnnn2)cc1NC(C)c1cc(Br)cs1. The molecule has 0 saturated carbocycles. The summed E-state index contributed by atoms with van der Waals surface area (Å²) in [5, 5.41) is 16.9. The molecule has 0 aliphatic heterocycles. The number of benzene rings is 1. The Hall–Kier alpha value is -1.73. The van der Waals surface area contributed by atoms with Crippen LogP contribution in [0.25, 0.3) is 5.69 Å². The van der Waals surface area contributed by atoms with Gasteiger partial charge in [-0.3, -0.25) is 0 Å². The molecular formula is C14H14BrN5S. The second-order valence-corrected chi connectivity index (χ2v) is 6.65. The van der Waals surface area contributed by atoms with Gasteiger partial charge in [0.1, 0.15) is 6.33 Å². The van der Waals surface area contributed by atoms with Gasteiger partial charge in [-0.1, -0.05) is 6.07 Å². The third kappa shape index (κ3) is 3.14. The van der Waals surface area contributed by atoms with Gasteiger partial charge in [0.2, 0.25) is 0 Å². The first-order chi connectivity index (χ1) is 10.1. The van der Waals surface area contributed by atoms with E-state index in [2.05, 4.69) is 74.2 Å². The predicted octanol–water partition coefficient (Wildman–Crippen LogP) is 3.97. The molecule has 0 radical (unpaired) electrons. The molecule has 0 spiro atoms. The van der Waals surface area contributed by atoms with Crippen molar-refractivity contribution in [3.05, 3.63) is 50.9 Å². The molecule has 3 aromatic rings. The Balaban J connectivity index is 1.86. The lowest BCUT2D eigenvalue weighted by molar-refractivity contribution is 0.788. The molecule has 1 N–H and O–H groups in total. The average Bonchev–Trinajstić information content (AvgIpc) is 3.12. The minimum atomic E-state index is 0.240. The van der Waals surface area contributed by atoms with Crippen molar-refractivity contribution in [1.29, 1.82) is 0 Å². The van der Waals surface area contributed by atoms with Crippen molar-refractivity contribution in [3.63, 3.8) is 0 Å². The van der Waals surface area contributed by atoms with Crippen LogP contribution in [0.2, 0.25) is 0 Å². The summed E-state index contributed by atoms with van der Waals surface area (Å²) in [6, 6.07) is 8.51. The summed E-state index contributed by atoms with van der Waals surface area (Å²) in [4.78, 5) is 1.29. The number of aryl methyl sites for hydroxylation is 1. The Morgan fingerprint density at radius 2 is 2.19 bits per heavy atom. The van der Waals surface area contributed by atoms with Gasteiger partial charge in [-0.05, 0) is 64.0 Å². The molecule has 3 rings (SSSR count). The number of nitrogens with one attached hydrogen (secondary N) is 1. The molecule has 0 amide bonds. The van der Waals surface area contributed by atoms with Crippen molar-refractivity contribution in [2.24, 2.45) is 0 Å². The number of rotatable bonds is 4. The monoisotopic (exact) mass is 363 g/mol. The van der Waals surface area contributed by atoms with E-state index in [1.54, 1.807) is 22.3 Å². The predicted molar refractivity (Wildman–Crippen MR) is 87.9 cm³/mol. The van der Waals surface area contributed by atoms with E-state index in [4.69, 9.17) is 0 Å². The van der Waals surface area contributed by atoms with Crippen LogP contribution in [0.4, 0.5) is 5.69 Å². The van der Waals surface area contributed by atoms with Gasteiger partial charge in [0.15, 0.2) is 0 Å². The molecule has 0 aliphatic rings. The van der Waals surface area contributed by atoms with E-state index in [0.29, 0.717) is 0 Å². The van der Waals surface area contributed by atoms with E-state index < -0.39 is 0 Å². The van der Waals surface area contributed by atoms with Gasteiger partial charge in [-0.15, -0.1) is 16.4 Å². The molecule has 0 bridgehead atoms. The van der Waals surface area contributed by atoms with Crippen molar-refractivity contribution in [1.82, 2.24) is 20.2 Å². The zero-order valence-electron chi connectivity index (χ0n) is 11.6. The van der Waals surface area contributed by atoms with E-state index in [1.807, 2.05) is 6.07 Å². The molecule has 2 aromatic heterocycles.